The lowest BCUT2D eigenvalue weighted by Gasteiger charge is -2.28. The third-order valence-electron chi connectivity index (χ3n) is 5.99. The van der Waals surface area contributed by atoms with Crippen LogP contribution >= 0.6 is 12.2 Å². The van der Waals surface area contributed by atoms with Crippen molar-refractivity contribution >= 4 is 51.9 Å². The van der Waals surface area contributed by atoms with Crippen molar-refractivity contribution in [3.8, 4) is 0 Å². The molecule has 190 valence electrons. The maximum Gasteiger partial charge on any atom is 0.293 e. The van der Waals surface area contributed by atoms with Crippen LogP contribution in [0.15, 0.2) is 72.8 Å². The van der Waals surface area contributed by atoms with Gasteiger partial charge in [0.2, 0.25) is 5.91 Å². The molecule has 9 nitrogen and oxygen atoms in total. The van der Waals surface area contributed by atoms with E-state index in [-0.39, 0.29) is 28.7 Å². The van der Waals surface area contributed by atoms with Gasteiger partial charge in [-0.05, 0) is 73.4 Å². The van der Waals surface area contributed by atoms with Crippen molar-refractivity contribution in [3.05, 3.63) is 94.0 Å². The van der Waals surface area contributed by atoms with Crippen LogP contribution in [-0.4, -0.2) is 34.9 Å². The summed E-state index contributed by atoms with van der Waals surface area (Å²) in [5.41, 5.74) is 2.73. The fourth-order valence-corrected chi connectivity index (χ4v) is 4.38. The second kappa shape index (κ2) is 12.1. The predicted molar refractivity (Wildman–Crippen MR) is 148 cm³/mol. The average molecular weight is 518 g/mol. The van der Waals surface area contributed by atoms with Crippen molar-refractivity contribution in [3.63, 3.8) is 0 Å². The second-order valence-electron chi connectivity index (χ2n) is 8.70. The number of hydrogen-bond acceptors (Lipinski definition) is 6. The molecule has 1 fully saturated rings. The van der Waals surface area contributed by atoms with Crippen molar-refractivity contribution in [2.45, 2.75) is 25.7 Å². The molecule has 0 unspecified atom stereocenters. The number of benzene rings is 3. The molecule has 3 N–H and O–H groups in total. The summed E-state index contributed by atoms with van der Waals surface area (Å²) in [5.74, 6) is -0.675. The van der Waals surface area contributed by atoms with Gasteiger partial charge in [0.25, 0.3) is 11.6 Å². The Hall–Kier alpha value is -4.31. The highest BCUT2D eigenvalue weighted by Crippen LogP contribution is 2.31. The van der Waals surface area contributed by atoms with Crippen LogP contribution in [0, 0.1) is 10.1 Å². The number of thiocarbonyl (C=S) groups is 1. The number of amides is 2. The molecule has 0 radical (unpaired) electrons. The van der Waals surface area contributed by atoms with Crippen LogP contribution in [0.2, 0.25) is 0 Å². The molecule has 4 rings (SSSR count). The first-order valence-corrected chi connectivity index (χ1v) is 12.4. The fourth-order valence-electron chi connectivity index (χ4n) is 4.17. The summed E-state index contributed by atoms with van der Waals surface area (Å²) >= 11 is 5.25. The highest BCUT2D eigenvalue weighted by atomic mass is 32.1. The van der Waals surface area contributed by atoms with Crippen molar-refractivity contribution in [2.75, 3.05) is 28.6 Å². The summed E-state index contributed by atoms with van der Waals surface area (Å²) in [6, 6.07) is 20.8. The van der Waals surface area contributed by atoms with E-state index in [0.717, 1.165) is 37.9 Å². The van der Waals surface area contributed by atoms with Crippen LogP contribution in [0.4, 0.5) is 22.7 Å². The number of rotatable bonds is 7. The lowest BCUT2D eigenvalue weighted by molar-refractivity contribution is -0.384. The topological polar surface area (TPSA) is 117 Å². The minimum absolute atomic E-state index is 0.0497. The molecule has 0 atom stereocenters. The van der Waals surface area contributed by atoms with E-state index in [1.807, 2.05) is 35.2 Å². The molecule has 1 saturated heterocycles. The zero-order chi connectivity index (χ0) is 26.2. The summed E-state index contributed by atoms with van der Waals surface area (Å²) in [5, 5.41) is 20.0. The average Bonchev–Trinajstić information content (AvgIpc) is 2.90. The number of carbonyl (C=O) groups is 2. The van der Waals surface area contributed by atoms with Crippen LogP contribution in [0.3, 0.4) is 0 Å². The molecular weight excluding hydrogens is 490 g/mol. The number of nitro benzene ring substituents is 1. The number of nitrogens with one attached hydrogen (secondary N) is 3. The Morgan fingerprint density at radius 3 is 2.19 bits per heavy atom. The van der Waals surface area contributed by atoms with Gasteiger partial charge in [0, 0.05) is 36.1 Å². The van der Waals surface area contributed by atoms with Gasteiger partial charge in [-0.15, -0.1) is 0 Å². The molecule has 0 spiro atoms. The maximum absolute atomic E-state index is 12.7. The molecule has 0 aromatic heterocycles. The van der Waals surface area contributed by atoms with E-state index in [1.165, 1.54) is 6.07 Å². The summed E-state index contributed by atoms with van der Waals surface area (Å²) in [6.07, 6.45) is 3.36. The van der Waals surface area contributed by atoms with E-state index in [2.05, 4.69) is 16.0 Å². The van der Waals surface area contributed by atoms with E-state index in [1.54, 1.807) is 36.4 Å². The number of hydrogen-bond donors (Lipinski definition) is 3. The van der Waals surface area contributed by atoms with E-state index in [4.69, 9.17) is 12.2 Å². The normalized spacial score (nSPS) is 12.9. The lowest BCUT2D eigenvalue weighted by Crippen LogP contribution is -2.34. The zero-order valence-electron chi connectivity index (χ0n) is 20.1. The van der Waals surface area contributed by atoms with Gasteiger partial charge in [-0.2, -0.15) is 0 Å². The van der Waals surface area contributed by atoms with Gasteiger partial charge in [-0.25, -0.2) is 0 Å². The molecule has 10 heteroatoms. The van der Waals surface area contributed by atoms with Gasteiger partial charge in [0.1, 0.15) is 5.69 Å². The van der Waals surface area contributed by atoms with E-state index >= 15 is 0 Å². The fraction of sp³-hybridized carbons (Fsp3) is 0.222. The Balaban J connectivity index is 1.33. The molecule has 1 aliphatic rings. The predicted octanol–water partition coefficient (Wildman–Crippen LogP) is 4.89. The summed E-state index contributed by atoms with van der Waals surface area (Å²) in [7, 11) is 0. The van der Waals surface area contributed by atoms with Gasteiger partial charge >= 0.3 is 0 Å². The first-order chi connectivity index (χ1) is 17.9. The van der Waals surface area contributed by atoms with E-state index < -0.39 is 10.8 Å². The standard InChI is InChI=1S/C27H27N5O4S/c33-25(17-19-7-3-1-4-8-19)28-21-10-12-22(13-11-21)29-27(37)30-26(34)20-9-14-23(24(18-20)32(35)36)31-15-5-2-6-16-31/h1,3-4,7-14,18H,2,5-6,15-17H2,(H,28,33)(H2,29,30,34,37). The number of nitro groups is 1. The van der Waals surface area contributed by atoms with Crippen molar-refractivity contribution < 1.29 is 14.5 Å². The van der Waals surface area contributed by atoms with Crippen molar-refractivity contribution in [2.24, 2.45) is 0 Å². The molecule has 3 aromatic carbocycles. The Kier molecular flexibility index (Phi) is 8.42. The summed E-state index contributed by atoms with van der Waals surface area (Å²) in [6.45, 7) is 1.52. The molecular formula is C27H27N5O4S. The first kappa shape index (κ1) is 25.8. The zero-order valence-corrected chi connectivity index (χ0v) is 20.9. The molecule has 1 heterocycles. The number of piperidine rings is 1. The Labute approximate surface area is 220 Å². The number of carbonyl (C=O) groups excluding carboxylic acids is 2. The smallest absolute Gasteiger partial charge is 0.293 e. The maximum atomic E-state index is 12.7. The molecule has 3 aromatic rings. The number of nitrogens with zero attached hydrogens (tertiary/aromatic N) is 2. The van der Waals surface area contributed by atoms with Crippen molar-refractivity contribution in [1.29, 1.82) is 0 Å². The largest absolute Gasteiger partial charge is 0.366 e. The van der Waals surface area contributed by atoms with E-state index in [9.17, 15) is 19.7 Å². The summed E-state index contributed by atoms with van der Waals surface area (Å²) in [4.78, 5) is 38.1. The number of anilines is 3. The molecule has 1 aliphatic heterocycles. The van der Waals surface area contributed by atoms with Crippen LogP contribution in [0.1, 0.15) is 35.2 Å². The van der Waals surface area contributed by atoms with Crippen molar-refractivity contribution in [1.82, 2.24) is 5.32 Å². The highest BCUT2D eigenvalue weighted by Gasteiger charge is 2.23. The molecule has 0 saturated carbocycles. The SMILES string of the molecule is O=C(Cc1ccccc1)Nc1ccc(NC(=S)NC(=O)c2ccc(N3CCCCC3)c([N+](=O)[O-])c2)cc1. The molecule has 0 aliphatic carbocycles. The minimum atomic E-state index is -0.546. The van der Waals surface area contributed by atoms with Crippen LogP contribution in [0.25, 0.3) is 0 Å². The minimum Gasteiger partial charge on any atom is -0.366 e. The highest BCUT2D eigenvalue weighted by molar-refractivity contribution is 7.80. The van der Waals surface area contributed by atoms with E-state index in [0.29, 0.717) is 17.1 Å². The molecule has 2 amide bonds. The van der Waals surface area contributed by atoms with Gasteiger partial charge in [0.05, 0.1) is 11.3 Å². The monoisotopic (exact) mass is 517 g/mol. The molecule has 37 heavy (non-hydrogen) atoms. The lowest BCUT2D eigenvalue weighted by atomic mass is 10.1. The quantitative estimate of drug-likeness (QED) is 0.232. The second-order valence-corrected chi connectivity index (χ2v) is 9.11. The van der Waals surface area contributed by atoms with Gasteiger partial charge in [0.15, 0.2) is 5.11 Å². The van der Waals surface area contributed by atoms with Crippen LogP contribution < -0.4 is 20.9 Å². The Bertz CT molecular complexity index is 1290. The van der Waals surface area contributed by atoms with Gasteiger partial charge in [-0.1, -0.05) is 30.3 Å². The van der Waals surface area contributed by atoms with Crippen LogP contribution in [0.5, 0.6) is 0 Å². The first-order valence-electron chi connectivity index (χ1n) is 12.0. The third kappa shape index (κ3) is 7.11. The van der Waals surface area contributed by atoms with Crippen LogP contribution in [-0.2, 0) is 11.2 Å². The summed E-state index contributed by atoms with van der Waals surface area (Å²) < 4.78 is 0. The Morgan fingerprint density at radius 1 is 0.892 bits per heavy atom. The molecule has 0 bridgehead atoms. The third-order valence-corrected chi connectivity index (χ3v) is 6.20. The van der Waals surface area contributed by atoms with Gasteiger partial charge in [-0.3, -0.25) is 25.0 Å². The Morgan fingerprint density at radius 2 is 1.54 bits per heavy atom. The van der Waals surface area contributed by atoms with Gasteiger partial charge < -0.3 is 15.5 Å².